The second kappa shape index (κ2) is 8.19. The van der Waals surface area contributed by atoms with E-state index < -0.39 is 6.04 Å². The summed E-state index contributed by atoms with van der Waals surface area (Å²) in [5.74, 6) is 0.430. The van der Waals surface area contributed by atoms with Crippen LogP contribution in [0.2, 0.25) is 0 Å². The molecule has 0 saturated heterocycles. The fourth-order valence-corrected chi connectivity index (χ4v) is 2.67. The highest BCUT2D eigenvalue weighted by Gasteiger charge is 2.25. The van der Waals surface area contributed by atoms with E-state index in [2.05, 4.69) is 31.1 Å². The lowest BCUT2D eigenvalue weighted by molar-refractivity contribution is -0.123. The fraction of sp³-hybridized carbons (Fsp3) is 0.278. The van der Waals surface area contributed by atoms with Gasteiger partial charge in [0.15, 0.2) is 6.04 Å². The Morgan fingerprint density at radius 1 is 1.15 bits per heavy atom. The van der Waals surface area contributed by atoms with Gasteiger partial charge in [0.25, 0.3) is 0 Å². The molecule has 0 fully saturated rings. The highest BCUT2D eigenvalue weighted by molar-refractivity contribution is 5.83. The normalized spacial score (nSPS) is 11.8. The number of hydrogen-bond donors (Lipinski definition) is 2. The van der Waals surface area contributed by atoms with Crippen LogP contribution in [-0.4, -0.2) is 44.2 Å². The quantitative estimate of drug-likeness (QED) is 0.626. The van der Waals surface area contributed by atoms with E-state index in [0.29, 0.717) is 18.9 Å². The second-order valence-electron chi connectivity index (χ2n) is 5.89. The van der Waals surface area contributed by atoms with Crippen molar-refractivity contribution in [2.45, 2.75) is 19.9 Å². The topological polar surface area (TPSA) is 97.6 Å². The minimum Gasteiger partial charge on any atom is -0.383 e. The van der Waals surface area contributed by atoms with Crippen molar-refractivity contribution in [1.29, 1.82) is 0 Å². The summed E-state index contributed by atoms with van der Waals surface area (Å²) in [4.78, 5) is 16.9. The summed E-state index contributed by atoms with van der Waals surface area (Å²) in [7, 11) is 0. The molecule has 2 aromatic heterocycles. The summed E-state index contributed by atoms with van der Waals surface area (Å²) in [5.41, 5.74) is 2.90. The SMILES string of the molecule is Cc1cnccc1NCCNC(=O)C(c1ccccc1)n1nnnc1C. The largest absolute Gasteiger partial charge is 0.383 e. The number of tetrazole rings is 1. The lowest BCUT2D eigenvalue weighted by Crippen LogP contribution is -2.36. The van der Waals surface area contributed by atoms with Crippen LogP contribution in [0.5, 0.6) is 0 Å². The monoisotopic (exact) mass is 351 g/mol. The fourth-order valence-electron chi connectivity index (χ4n) is 2.67. The number of anilines is 1. The van der Waals surface area contributed by atoms with Crippen LogP contribution in [0.3, 0.4) is 0 Å². The molecule has 8 heteroatoms. The first-order valence-corrected chi connectivity index (χ1v) is 8.38. The molecule has 8 nitrogen and oxygen atoms in total. The molecular weight excluding hydrogens is 330 g/mol. The first-order chi connectivity index (χ1) is 12.7. The number of pyridine rings is 1. The van der Waals surface area contributed by atoms with Gasteiger partial charge in [-0.05, 0) is 41.5 Å². The van der Waals surface area contributed by atoms with Crippen LogP contribution in [-0.2, 0) is 4.79 Å². The molecule has 1 unspecified atom stereocenters. The number of nitrogens with zero attached hydrogens (tertiary/aromatic N) is 5. The average Bonchev–Trinajstić information content (AvgIpc) is 3.07. The number of nitrogens with one attached hydrogen (secondary N) is 2. The maximum Gasteiger partial charge on any atom is 0.249 e. The number of rotatable bonds is 7. The van der Waals surface area contributed by atoms with Crippen molar-refractivity contribution in [1.82, 2.24) is 30.5 Å². The predicted octanol–water partition coefficient (Wildman–Crippen LogP) is 1.50. The summed E-state index contributed by atoms with van der Waals surface area (Å²) in [6.45, 7) is 4.84. The van der Waals surface area contributed by atoms with Crippen molar-refractivity contribution in [2.24, 2.45) is 0 Å². The zero-order valence-corrected chi connectivity index (χ0v) is 14.8. The molecule has 3 aromatic rings. The summed E-state index contributed by atoms with van der Waals surface area (Å²) in [6, 6.07) is 10.8. The van der Waals surface area contributed by atoms with Crippen LogP contribution in [0, 0.1) is 13.8 Å². The van der Waals surface area contributed by atoms with Crippen molar-refractivity contribution in [3.05, 3.63) is 65.7 Å². The molecule has 134 valence electrons. The Hall–Kier alpha value is -3.29. The molecular formula is C18H21N7O. The van der Waals surface area contributed by atoms with E-state index >= 15 is 0 Å². The van der Waals surface area contributed by atoms with Crippen LogP contribution in [0.4, 0.5) is 5.69 Å². The Balaban J connectivity index is 1.65. The highest BCUT2D eigenvalue weighted by Crippen LogP contribution is 2.18. The number of carbonyl (C=O) groups is 1. The predicted molar refractivity (Wildman–Crippen MR) is 97.6 cm³/mol. The summed E-state index contributed by atoms with van der Waals surface area (Å²) < 4.78 is 1.53. The van der Waals surface area contributed by atoms with Gasteiger partial charge in [-0.2, -0.15) is 0 Å². The molecule has 26 heavy (non-hydrogen) atoms. The van der Waals surface area contributed by atoms with E-state index in [4.69, 9.17) is 0 Å². The second-order valence-corrected chi connectivity index (χ2v) is 5.89. The number of aromatic nitrogens is 5. The average molecular weight is 351 g/mol. The molecule has 1 atom stereocenters. The molecule has 0 aliphatic heterocycles. The highest BCUT2D eigenvalue weighted by atomic mass is 16.2. The van der Waals surface area contributed by atoms with Crippen molar-refractivity contribution in [2.75, 3.05) is 18.4 Å². The number of hydrogen-bond acceptors (Lipinski definition) is 6. The van der Waals surface area contributed by atoms with Crippen molar-refractivity contribution in [3.8, 4) is 0 Å². The van der Waals surface area contributed by atoms with Gasteiger partial charge in [0, 0.05) is 31.2 Å². The van der Waals surface area contributed by atoms with Gasteiger partial charge in [0.05, 0.1) is 0 Å². The Morgan fingerprint density at radius 3 is 2.65 bits per heavy atom. The van der Waals surface area contributed by atoms with Crippen LogP contribution < -0.4 is 10.6 Å². The molecule has 0 spiro atoms. The summed E-state index contributed by atoms with van der Waals surface area (Å²) in [5, 5.41) is 17.8. The molecule has 3 rings (SSSR count). The first-order valence-electron chi connectivity index (χ1n) is 8.38. The Kier molecular flexibility index (Phi) is 5.52. The summed E-state index contributed by atoms with van der Waals surface area (Å²) in [6.07, 6.45) is 3.53. The lowest BCUT2D eigenvalue weighted by Gasteiger charge is -2.18. The van der Waals surface area contributed by atoms with E-state index in [1.54, 1.807) is 19.3 Å². The zero-order chi connectivity index (χ0) is 18.4. The van der Waals surface area contributed by atoms with Crippen LogP contribution >= 0.6 is 0 Å². The van der Waals surface area contributed by atoms with Gasteiger partial charge in [0.2, 0.25) is 5.91 Å². The zero-order valence-electron chi connectivity index (χ0n) is 14.8. The van der Waals surface area contributed by atoms with Crippen molar-refractivity contribution < 1.29 is 4.79 Å². The molecule has 1 aromatic carbocycles. The van der Waals surface area contributed by atoms with E-state index in [0.717, 1.165) is 16.8 Å². The van der Waals surface area contributed by atoms with Crippen LogP contribution in [0.15, 0.2) is 48.8 Å². The van der Waals surface area contributed by atoms with Gasteiger partial charge in [0.1, 0.15) is 5.82 Å². The van der Waals surface area contributed by atoms with E-state index in [1.807, 2.05) is 43.3 Å². The number of carbonyl (C=O) groups excluding carboxylic acids is 1. The number of benzene rings is 1. The maximum absolute atomic E-state index is 12.8. The molecule has 2 heterocycles. The van der Waals surface area contributed by atoms with E-state index in [9.17, 15) is 4.79 Å². The van der Waals surface area contributed by atoms with Crippen molar-refractivity contribution >= 4 is 11.6 Å². The van der Waals surface area contributed by atoms with Crippen molar-refractivity contribution in [3.63, 3.8) is 0 Å². The third-order valence-electron chi connectivity index (χ3n) is 4.03. The maximum atomic E-state index is 12.8. The van der Waals surface area contributed by atoms with Gasteiger partial charge in [-0.15, -0.1) is 5.10 Å². The molecule has 2 N–H and O–H groups in total. The van der Waals surface area contributed by atoms with Gasteiger partial charge >= 0.3 is 0 Å². The standard InChI is InChI=1S/C18H21N7O/c1-13-12-19-9-8-16(13)20-10-11-21-18(26)17(15-6-4-3-5-7-15)25-14(2)22-23-24-25/h3-9,12,17H,10-11H2,1-2H3,(H,19,20)(H,21,26). The Bertz CT molecular complexity index is 863. The Morgan fingerprint density at radius 2 is 1.96 bits per heavy atom. The molecule has 0 saturated carbocycles. The minimum absolute atomic E-state index is 0.153. The lowest BCUT2D eigenvalue weighted by atomic mass is 10.1. The molecule has 0 aliphatic carbocycles. The van der Waals surface area contributed by atoms with Gasteiger partial charge in [-0.1, -0.05) is 30.3 Å². The van der Waals surface area contributed by atoms with Crippen LogP contribution in [0.25, 0.3) is 0 Å². The number of amides is 1. The summed E-state index contributed by atoms with van der Waals surface area (Å²) >= 11 is 0. The Labute approximate surface area is 151 Å². The minimum atomic E-state index is -0.603. The first kappa shape index (κ1) is 17.5. The van der Waals surface area contributed by atoms with Gasteiger partial charge in [-0.3, -0.25) is 9.78 Å². The third-order valence-corrected chi connectivity index (χ3v) is 4.03. The smallest absolute Gasteiger partial charge is 0.249 e. The molecule has 0 radical (unpaired) electrons. The number of aryl methyl sites for hydroxylation is 2. The third kappa shape index (κ3) is 4.02. The molecule has 1 amide bonds. The molecule has 0 bridgehead atoms. The van der Waals surface area contributed by atoms with Crippen LogP contribution in [0.1, 0.15) is 23.0 Å². The van der Waals surface area contributed by atoms with Gasteiger partial charge in [-0.25, -0.2) is 4.68 Å². The molecule has 0 aliphatic rings. The van der Waals surface area contributed by atoms with Gasteiger partial charge < -0.3 is 10.6 Å². The van der Waals surface area contributed by atoms with E-state index in [-0.39, 0.29) is 5.91 Å². The van der Waals surface area contributed by atoms with E-state index in [1.165, 1.54) is 4.68 Å².